The zero-order valence-electron chi connectivity index (χ0n) is 22.7. The van der Waals surface area contributed by atoms with Crippen molar-refractivity contribution in [1.29, 1.82) is 0 Å². The Hall–Kier alpha value is -4.00. The largest absolute Gasteiger partial charge is 0.496 e. The number of thiazole rings is 1. The minimum atomic E-state index is -0.846. The summed E-state index contributed by atoms with van der Waals surface area (Å²) >= 11 is 7.63. The van der Waals surface area contributed by atoms with Crippen molar-refractivity contribution < 1.29 is 23.7 Å². The summed E-state index contributed by atoms with van der Waals surface area (Å²) in [6.45, 7) is 4.01. The van der Waals surface area contributed by atoms with Gasteiger partial charge in [0.1, 0.15) is 18.4 Å². The molecule has 0 fully saturated rings. The van der Waals surface area contributed by atoms with Crippen LogP contribution in [0.1, 0.15) is 43.9 Å². The summed E-state index contributed by atoms with van der Waals surface area (Å²) < 4.78 is 24.0. The van der Waals surface area contributed by atoms with Crippen LogP contribution < -0.4 is 29.1 Å². The fourth-order valence-corrected chi connectivity index (χ4v) is 5.70. The first-order valence-electron chi connectivity index (χ1n) is 12.7. The molecule has 0 saturated heterocycles. The number of terminal acetylenes is 1. The highest BCUT2D eigenvalue weighted by molar-refractivity contribution is 7.07. The molecule has 1 atom stereocenters. The molecule has 0 spiro atoms. The molecule has 0 radical (unpaired) electrons. The first-order chi connectivity index (χ1) is 19.4. The fraction of sp³-hybridized carbons (Fsp3) is 0.300. The van der Waals surface area contributed by atoms with Crippen molar-refractivity contribution in [2.24, 2.45) is 4.99 Å². The number of benzene rings is 2. The predicted molar refractivity (Wildman–Crippen MR) is 155 cm³/mol. The van der Waals surface area contributed by atoms with Gasteiger partial charge in [-0.15, -0.1) is 6.42 Å². The van der Waals surface area contributed by atoms with E-state index in [0.717, 1.165) is 6.42 Å². The van der Waals surface area contributed by atoms with Crippen molar-refractivity contribution in [2.75, 3.05) is 27.4 Å². The van der Waals surface area contributed by atoms with Crippen molar-refractivity contribution in [2.45, 2.75) is 32.7 Å². The molecule has 1 aliphatic rings. The SMILES string of the molecule is C#CCOc1ccc(/C=c2/sc3n(c2=O)[C@@H](c2cc(Cl)ccc2OC)C(C(=O)OCC)=C(CCC)N=3)cc1OC. The third-order valence-electron chi connectivity index (χ3n) is 6.17. The Morgan fingerprint density at radius 2 is 1.90 bits per heavy atom. The van der Waals surface area contributed by atoms with Crippen molar-refractivity contribution in [3.63, 3.8) is 0 Å². The molecule has 0 bridgehead atoms. The number of hydrogen-bond acceptors (Lipinski definition) is 8. The van der Waals surface area contributed by atoms with E-state index < -0.39 is 12.0 Å². The Bertz CT molecular complexity index is 1680. The summed E-state index contributed by atoms with van der Waals surface area (Å²) in [5, 5.41) is 0.439. The van der Waals surface area contributed by atoms with Crippen LogP contribution in [0.25, 0.3) is 6.08 Å². The van der Waals surface area contributed by atoms with E-state index in [1.54, 1.807) is 49.4 Å². The van der Waals surface area contributed by atoms with Gasteiger partial charge in [-0.1, -0.05) is 48.3 Å². The van der Waals surface area contributed by atoms with Gasteiger partial charge in [0.15, 0.2) is 16.3 Å². The maximum atomic E-state index is 14.0. The number of methoxy groups -OCH3 is 2. The van der Waals surface area contributed by atoms with Crippen LogP contribution >= 0.6 is 22.9 Å². The summed E-state index contributed by atoms with van der Waals surface area (Å²) in [6, 6.07) is 9.56. The van der Waals surface area contributed by atoms with E-state index in [0.29, 0.717) is 60.4 Å². The number of esters is 1. The summed E-state index contributed by atoms with van der Waals surface area (Å²) in [4.78, 5) is 32.6. The minimum Gasteiger partial charge on any atom is -0.496 e. The molecule has 4 rings (SSSR count). The highest BCUT2D eigenvalue weighted by atomic mass is 35.5. The van der Waals surface area contributed by atoms with Crippen molar-refractivity contribution >= 4 is 35.0 Å². The Labute approximate surface area is 241 Å². The van der Waals surface area contributed by atoms with Gasteiger partial charge < -0.3 is 18.9 Å². The van der Waals surface area contributed by atoms with Crippen LogP contribution in [0.4, 0.5) is 0 Å². The lowest BCUT2D eigenvalue weighted by Crippen LogP contribution is -2.40. The van der Waals surface area contributed by atoms with Crippen molar-refractivity contribution in [1.82, 2.24) is 4.57 Å². The van der Waals surface area contributed by atoms with E-state index in [9.17, 15) is 9.59 Å². The number of nitrogens with zero attached hydrogens (tertiary/aromatic N) is 2. The number of ether oxygens (including phenoxy) is 4. The van der Waals surface area contributed by atoms with Crippen molar-refractivity contribution in [3.05, 3.63) is 83.5 Å². The zero-order chi connectivity index (χ0) is 28.8. The molecule has 2 heterocycles. The number of allylic oxidation sites excluding steroid dienone is 1. The topological polar surface area (TPSA) is 88.4 Å². The Kier molecular flexibility index (Phi) is 9.35. The molecule has 0 N–H and O–H groups in total. The van der Waals surface area contributed by atoms with E-state index in [1.807, 2.05) is 6.92 Å². The average Bonchev–Trinajstić information content (AvgIpc) is 3.25. The molecular weight excluding hydrogens is 552 g/mol. The Morgan fingerprint density at radius 1 is 1.15 bits per heavy atom. The molecule has 40 heavy (non-hydrogen) atoms. The van der Waals surface area contributed by atoms with Gasteiger partial charge in [-0.2, -0.15) is 0 Å². The minimum absolute atomic E-state index is 0.101. The molecule has 2 aromatic carbocycles. The van der Waals surface area contributed by atoms with E-state index >= 15 is 0 Å². The van der Waals surface area contributed by atoms with Gasteiger partial charge in [-0.05, 0) is 55.3 Å². The molecule has 8 nitrogen and oxygen atoms in total. The molecule has 208 valence electrons. The van der Waals surface area contributed by atoms with E-state index in [2.05, 4.69) is 5.92 Å². The number of carbonyl (C=O) groups excluding carboxylic acids is 1. The maximum Gasteiger partial charge on any atom is 0.338 e. The van der Waals surface area contributed by atoms with Gasteiger partial charge in [0, 0.05) is 10.6 Å². The molecular formula is C30H29ClN2O6S. The second-order valence-corrected chi connectivity index (χ2v) is 10.1. The molecule has 1 aromatic heterocycles. The number of aromatic nitrogens is 1. The summed E-state index contributed by atoms with van der Waals surface area (Å²) in [5.74, 6) is 3.34. The van der Waals surface area contributed by atoms with Gasteiger partial charge in [0.25, 0.3) is 5.56 Å². The van der Waals surface area contributed by atoms with Crippen LogP contribution in [-0.2, 0) is 9.53 Å². The Morgan fingerprint density at radius 3 is 2.58 bits per heavy atom. The van der Waals surface area contributed by atoms with Crippen molar-refractivity contribution in [3.8, 4) is 29.6 Å². The number of hydrogen-bond donors (Lipinski definition) is 0. The van der Waals surface area contributed by atoms with Crippen LogP contribution in [0.15, 0.2) is 57.5 Å². The molecule has 1 aliphatic heterocycles. The molecule has 0 saturated carbocycles. The highest BCUT2D eigenvalue weighted by Gasteiger charge is 2.36. The summed E-state index contributed by atoms with van der Waals surface area (Å²) in [7, 11) is 3.06. The second kappa shape index (κ2) is 12.9. The van der Waals surface area contributed by atoms with E-state index in [4.69, 9.17) is 42.0 Å². The lowest BCUT2D eigenvalue weighted by Gasteiger charge is -2.27. The van der Waals surface area contributed by atoms with Gasteiger partial charge in [0.05, 0.1) is 36.6 Å². The zero-order valence-corrected chi connectivity index (χ0v) is 24.2. The molecule has 10 heteroatoms. The fourth-order valence-electron chi connectivity index (χ4n) is 4.50. The lowest BCUT2D eigenvalue weighted by molar-refractivity contribution is -0.139. The summed E-state index contributed by atoms with van der Waals surface area (Å²) in [6.07, 6.45) is 8.31. The van der Waals surface area contributed by atoms with Crippen LogP contribution in [0.5, 0.6) is 17.2 Å². The first kappa shape index (κ1) is 29.0. The lowest BCUT2D eigenvalue weighted by atomic mass is 9.93. The number of rotatable bonds is 10. The number of halogens is 1. The van der Waals surface area contributed by atoms with Crippen LogP contribution in [-0.4, -0.2) is 38.0 Å². The van der Waals surface area contributed by atoms with Gasteiger partial charge >= 0.3 is 5.97 Å². The third kappa shape index (κ3) is 5.79. The normalized spacial score (nSPS) is 14.7. The monoisotopic (exact) mass is 580 g/mol. The average molecular weight is 581 g/mol. The standard InChI is InChI=1S/C30H29ClN2O6S/c1-6-9-21-26(29(35)38-8-3)27(20-17-19(31)11-13-22(20)36-4)33-28(34)25(40-30(33)32-21)16-18-10-12-23(39-14-7-2)24(15-18)37-5/h2,10-13,15-17,27H,6,8-9,14H2,1,3-5H3/b25-16+/t27-/m0/s1. The van der Waals surface area contributed by atoms with E-state index in [1.165, 1.54) is 30.1 Å². The van der Waals surface area contributed by atoms with Gasteiger partial charge in [0.2, 0.25) is 0 Å². The van der Waals surface area contributed by atoms with Crippen LogP contribution in [0.2, 0.25) is 5.02 Å². The number of fused-ring (bicyclic) bond motifs is 1. The summed E-state index contributed by atoms with van der Waals surface area (Å²) in [5.41, 5.74) is 1.81. The first-order valence-corrected chi connectivity index (χ1v) is 13.9. The molecule has 0 amide bonds. The highest BCUT2D eigenvalue weighted by Crippen LogP contribution is 2.38. The van der Waals surface area contributed by atoms with Crippen LogP contribution in [0.3, 0.4) is 0 Å². The van der Waals surface area contributed by atoms with E-state index in [-0.39, 0.29) is 18.8 Å². The Balaban J connectivity index is 1.97. The van der Waals surface area contributed by atoms with Gasteiger partial charge in [-0.25, -0.2) is 9.79 Å². The predicted octanol–water partition coefficient (Wildman–Crippen LogP) is 4.26. The molecule has 3 aromatic rings. The second-order valence-electron chi connectivity index (χ2n) is 8.70. The molecule has 0 unspecified atom stereocenters. The number of carbonyl (C=O) groups is 1. The smallest absolute Gasteiger partial charge is 0.338 e. The van der Waals surface area contributed by atoms with Crippen LogP contribution in [0, 0.1) is 12.3 Å². The molecule has 0 aliphatic carbocycles. The van der Waals surface area contributed by atoms with Gasteiger partial charge in [-0.3, -0.25) is 9.36 Å². The third-order valence-corrected chi connectivity index (χ3v) is 7.39. The maximum absolute atomic E-state index is 14.0. The quantitative estimate of drug-likeness (QED) is 0.263.